The quantitative estimate of drug-likeness (QED) is 0.685. The Balaban J connectivity index is 1.75. The van der Waals surface area contributed by atoms with E-state index >= 15 is 0 Å². The molecule has 0 radical (unpaired) electrons. The van der Waals surface area contributed by atoms with Gasteiger partial charge in [0.2, 0.25) is 5.91 Å². The predicted octanol–water partition coefficient (Wildman–Crippen LogP) is 3.92. The van der Waals surface area contributed by atoms with Gasteiger partial charge in [0.25, 0.3) is 5.91 Å². The van der Waals surface area contributed by atoms with Crippen molar-refractivity contribution in [3.63, 3.8) is 0 Å². The maximum atomic E-state index is 13.7. The molecule has 0 heterocycles. The zero-order valence-corrected chi connectivity index (χ0v) is 15.5. The molecule has 0 unspecified atom stereocenters. The smallest absolute Gasteiger partial charge is 0.252 e. The first-order valence-electron chi connectivity index (χ1n) is 8.98. The van der Waals surface area contributed by atoms with E-state index in [-0.39, 0.29) is 24.2 Å². The summed E-state index contributed by atoms with van der Waals surface area (Å²) in [5, 5.41) is 5.56. The minimum atomic E-state index is -0.857. The summed E-state index contributed by atoms with van der Waals surface area (Å²) < 4.78 is 13.7. The number of aryl methyl sites for hydroxylation is 1. The molecule has 0 saturated carbocycles. The molecule has 0 aliphatic rings. The fraction of sp³-hybridized carbons (Fsp3) is 0.130. The Morgan fingerprint density at radius 2 is 1.57 bits per heavy atom. The maximum Gasteiger partial charge on any atom is 0.252 e. The lowest BCUT2D eigenvalue weighted by atomic mass is 10.0. The van der Waals surface area contributed by atoms with Crippen LogP contribution in [-0.2, 0) is 11.3 Å². The van der Waals surface area contributed by atoms with Gasteiger partial charge in [-0.05, 0) is 41.8 Å². The molecule has 3 aromatic carbocycles. The van der Waals surface area contributed by atoms with Crippen LogP contribution < -0.4 is 10.6 Å². The number of carbonyl (C=O) groups excluding carboxylic acids is 2. The number of nitrogens with one attached hydrogen (secondary N) is 2. The fourth-order valence-corrected chi connectivity index (χ4v) is 2.79. The second-order valence-electron chi connectivity index (χ2n) is 6.48. The highest BCUT2D eigenvalue weighted by Gasteiger charge is 2.23. The monoisotopic (exact) mass is 376 g/mol. The molecule has 4 nitrogen and oxygen atoms in total. The van der Waals surface area contributed by atoms with Gasteiger partial charge in [-0.3, -0.25) is 9.59 Å². The van der Waals surface area contributed by atoms with Crippen LogP contribution >= 0.6 is 0 Å². The Bertz CT molecular complexity index is 959. The number of amides is 2. The van der Waals surface area contributed by atoms with Crippen molar-refractivity contribution < 1.29 is 14.0 Å². The molecule has 0 aromatic heterocycles. The lowest BCUT2D eigenvalue weighted by Crippen LogP contribution is -2.40. The van der Waals surface area contributed by atoms with Crippen molar-refractivity contribution in [1.82, 2.24) is 10.6 Å². The van der Waals surface area contributed by atoms with Gasteiger partial charge < -0.3 is 10.6 Å². The van der Waals surface area contributed by atoms with E-state index in [1.807, 2.05) is 12.1 Å². The van der Waals surface area contributed by atoms with Crippen LogP contribution in [0.4, 0.5) is 4.39 Å². The summed E-state index contributed by atoms with van der Waals surface area (Å²) in [4.78, 5) is 25.4. The SMILES string of the molecule is Cc1ccc(CNC(=O)[C@@H](NC(=O)c2ccccc2)c2ccccc2)cc1F. The second kappa shape index (κ2) is 8.95. The highest BCUT2D eigenvalue weighted by molar-refractivity contribution is 5.97. The van der Waals surface area contributed by atoms with Crippen molar-refractivity contribution in [2.45, 2.75) is 19.5 Å². The molecular formula is C23H21FN2O2. The van der Waals surface area contributed by atoms with Crippen LogP contribution in [0.2, 0.25) is 0 Å². The van der Waals surface area contributed by atoms with Gasteiger partial charge >= 0.3 is 0 Å². The number of hydrogen-bond acceptors (Lipinski definition) is 2. The first-order valence-corrected chi connectivity index (χ1v) is 8.98. The Morgan fingerprint density at radius 1 is 0.929 bits per heavy atom. The normalized spacial score (nSPS) is 11.5. The highest BCUT2D eigenvalue weighted by Crippen LogP contribution is 2.15. The first kappa shape index (κ1) is 19.3. The lowest BCUT2D eigenvalue weighted by Gasteiger charge is -2.19. The molecule has 0 bridgehead atoms. The first-order chi connectivity index (χ1) is 13.5. The highest BCUT2D eigenvalue weighted by atomic mass is 19.1. The number of hydrogen-bond donors (Lipinski definition) is 2. The number of halogens is 1. The Labute approximate surface area is 163 Å². The molecule has 0 fully saturated rings. The summed E-state index contributed by atoms with van der Waals surface area (Å²) in [6, 6.07) is 21.7. The van der Waals surface area contributed by atoms with Crippen molar-refractivity contribution in [2.24, 2.45) is 0 Å². The minimum absolute atomic E-state index is 0.167. The third-order valence-electron chi connectivity index (χ3n) is 4.41. The Hall–Kier alpha value is -3.47. The molecule has 2 N–H and O–H groups in total. The third kappa shape index (κ3) is 4.82. The summed E-state index contributed by atoms with van der Waals surface area (Å²) in [5.74, 6) is -1.02. The van der Waals surface area contributed by atoms with E-state index in [1.54, 1.807) is 67.6 Å². The zero-order chi connectivity index (χ0) is 19.9. The van der Waals surface area contributed by atoms with Crippen molar-refractivity contribution in [3.05, 3.63) is 107 Å². The summed E-state index contributed by atoms with van der Waals surface area (Å²) in [5.41, 5.74) is 2.33. The summed E-state index contributed by atoms with van der Waals surface area (Å²) >= 11 is 0. The van der Waals surface area contributed by atoms with Gasteiger partial charge in [-0.15, -0.1) is 0 Å². The van der Waals surface area contributed by atoms with Gasteiger partial charge in [-0.25, -0.2) is 4.39 Å². The predicted molar refractivity (Wildman–Crippen MR) is 106 cm³/mol. The lowest BCUT2D eigenvalue weighted by molar-refractivity contribution is -0.123. The average Bonchev–Trinajstić information content (AvgIpc) is 2.73. The van der Waals surface area contributed by atoms with Crippen molar-refractivity contribution >= 4 is 11.8 Å². The van der Waals surface area contributed by atoms with Crippen molar-refractivity contribution in [1.29, 1.82) is 0 Å². The van der Waals surface area contributed by atoms with Crippen molar-refractivity contribution in [3.8, 4) is 0 Å². The summed E-state index contributed by atoms with van der Waals surface area (Å²) in [6.45, 7) is 1.85. The molecule has 0 spiro atoms. The molecule has 3 aromatic rings. The van der Waals surface area contributed by atoms with E-state index in [2.05, 4.69) is 10.6 Å². The molecule has 0 aliphatic heterocycles. The molecule has 5 heteroatoms. The molecule has 3 rings (SSSR count). The molecule has 28 heavy (non-hydrogen) atoms. The Kier molecular flexibility index (Phi) is 6.17. The summed E-state index contributed by atoms with van der Waals surface area (Å²) in [7, 11) is 0. The number of carbonyl (C=O) groups is 2. The van der Waals surface area contributed by atoms with E-state index in [1.165, 1.54) is 6.07 Å². The van der Waals surface area contributed by atoms with E-state index in [0.717, 1.165) is 0 Å². The molecule has 1 atom stereocenters. The van der Waals surface area contributed by atoms with Crippen LogP contribution in [0.25, 0.3) is 0 Å². The molecular weight excluding hydrogens is 355 g/mol. The third-order valence-corrected chi connectivity index (χ3v) is 4.41. The van der Waals surface area contributed by atoms with Crippen LogP contribution in [0.1, 0.15) is 33.1 Å². The minimum Gasteiger partial charge on any atom is -0.350 e. The van der Waals surface area contributed by atoms with Crippen molar-refractivity contribution in [2.75, 3.05) is 0 Å². The van der Waals surface area contributed by atoms with E-state index in [9.17, 15) is 14.0 Å². The average molecular weight is 376 g/mol. The second-order valence-corrected chi connectivity index (χ2v) is 6.48. The standard InChI is InChI=1S/C23H21FN2O2/c1-16-12-13-17(14-20(16)24)15-25-23(28)21(18-8-4-2-5-9-18)26-22(27)19-10-6-3-7-11-19/h2-14,21H,15H2,1H3,(H,25,28)(H,26,27)/t21-/m0/s1. The number of benzene rings is 3. The molecule has 142 valence electrons. The van der Waals surface area contributed by atoms with Gasteiger partial charge in [0.1, 0.15) is 11.9 Å². The topological polar surface area (TPSA) is 58.2 Å². The van der Waals surface area contributed by atoms with Crippen LogP contribution in [0, 0.1) is 12.7 Å². The van der Waals surface area contributed by atoms with Crippen LogP contribution in [0.3, 0.4) is 0 Å². The van der Waals surface area contributed by atoms with Gasteiger partial charge in [-0.1, -0.05) is 60.7 Å². The maximum absolute atomic E-state index is 13.7. The van der Waals surface area contributed by atoms with E-state index in [4.69, 9.17) is 0 Å². The van der Waals surface area contributed by atoms with Crippen LogP contribution in [0.15, 0.2) is 78.9 Å². The number of rotatable bonds is 6. The Morgan fingerprint density at radius 3 is 2.21 bits per heavy atom. The molecule has 0 aliphatic carbocycles. The zero-order valence-electron chi connectivity index (χ0n) is 15.5. The largest absolute Gasteiger partial charge is 0.350 e. The van der Waals surface area contributed by atoms with Gasteiger partial charge in [-0.2, -0.15) is 0 Å². The molecule has 2 amide bonds. The van der Waals surface area contributed by atoms with Gasteiger partial charge in [0.05, 0.1) is 0 Å². The van der Waals surface area contributed by atoms with Gasteiger partial charge in [0.15, 0.2) is 0 Å². The van der Waals surface area contributed by atoms with Crippen LogP contribution in [0.5, 0.6) is 0 Å². The molecule has 0 saturated heterocycles. The van der Waals surface area contributed by atoms with E-state index in [0.29, 0.717) is 22.3 Å². The van der Waals surface area contributed by atoms with Gasteiger partial charge in [0, 0.05) is 12.1 Å². The fourth-order valence-electron chi connectivity index (χ4n) is 2.79. The summed E-state index contributed by atoms with van der Waals surface area (Å²) in [6.07, 6.45) is 0. The van der Waals surface area contributed by atoms with Crippen LogP contribution in [-0.4, -0.2) is 11.8 Å². The van der Waals surface area contributed by atoms with E-state index < -0.39 is 6.04 Å².